The molecule has 1 aromatic carbocycles. The summed E-state index contributed by atoms with van der Waals surface area (Å²) in [7, 11) is 0. The van der Waals surface area contributed by atoms with Crippen molar-refractivity contribution in [3.63, 3.8) is 0 Å². The molecular weight excluding hydrogens is 264 g/mol. The maximum absolute atomic E-state index is 12.1. The third kappa shape index (κ3) is 4.46. The van der Waals surface area contributed by atoms with E-state index in [1.54, 1.807) is 0 Å². The van der Waals surface area contributed by atoms with Crippen LogP contribution in [0, 0.1) is 12.8 Å². The van der Waals surface area contributed by atoms with E-state index >= 15 is 0 Å². The number of anilines is 1. The number of rotatable bonds is 6. The number of benzene rings is 1. The van der Waals surface area contributed by atoms with E-state index < -0.39 is 0 Å². The molecule has 4 heteroatoms. The fraction of sp³-hybridized carbons (Fsp3) is 0.588. The Morgan fingerprint density at radius 1 is 1.43 bits per heavy atom. The van der Waals surface area contributed by atoms with E-state index in [2.05, 4.69) is 12.2 Å². The highest BCUT2D eigenvalue weighted by Crippen LogP contribution is 2.28. The molecule has 0 saturated heterocycles. The number of carbonyl (C=O) groups excluding carboxylic acids is 1. The SMILES string of the molecule is CCCOc1ccc(NC(=O)C[C@@H]2CCC[C@H]2N)c(C)c1. The molecule has 0 bridgehead atoms. The van der Waals surface area contributed by atoms with E-state index in [4.69, 9.17) is 10.5 Å². The summed E-state index contributed by atoms with van der Waals surface area (Å²) < 4.78 is 5.59. The van der Waals surface area contributed by atoms with Crippen molar-refractivity contribution in [2.24, 2.45) is 11.7 Å². The molecule has 3 N–H and O–H groups in total. The number of carbonyl (C=O) groups is 1. The van der Waals surface area contributed by atoms with Gasteiger partial charge in [0.1, 0.15) is 5.75 Å². The van der Waals surface area contributed by atoms with Gasteiger partial charge in [-0.25, -0.2) is 0 Å². The van der Waals surface area contributed by atoms with Crippen LogP contribution in [0.2, 0.25) is 0 Å². The first-order valence-electron chi connectivity index (χ1n) is 7.89. The van der Waals surface area contributed by atoms with Crippen LogP contribution in [0.1, 0.15) is 44.6 Å². The minimum absolute atomic E-state index is 0.0580. The van der Waals surface area contributed by atoms with Gasteiger partial charge in [0, 0.05) is 18.2 Å². The van der Waals surface area contributed by atoms with Crippen LogP contribution in [0.3, 0.4) is 0 Å². The Hall–Kier alpha value is -1.55. The molecule has 0 aliphatic heterocycles. The topological polar surface area (TPSA) is 64.3 Å². The molecule has 1 aromatic rings. The number of ether oxygens (including phenoxy) is 1. The fourth-order valence-corrected chi connectivity index (χ4v) is 2.84. The van der Waals surface area contributed by atoms with Gasteiger partial charge in [0.05, 0.1) is 6.61 Å². The van der Waals surface area contributed by atoms with Crippen LogP contribution in [-0.2, 0) is 4.79 Å². The van der Waals surface area contributed by atoms with Gasteiger partial charge >= 0.3 is 0 Å². The maximum Gasteiger partial charge on any atom is 0.224 e. The normalized spacial score (nSPS) is 21.3. The highest BCUT2D eigenvalue weighted by Gasteiger charge is 2.26. The minimum atomic E-state index is 0.0580. The Balaban J connectivity index is 1.91. The van der Waals surface area contributed by atoms with Gasteiger partial charge in [-0.2, -0.15) is 0 Å². The molecule has 1 aliphatic carbocycles. The van der Waals surface area contributed by atoms with Crippen LogP contribution in [0.15, 0.2) is 18.2 Å². The first-order chi connectivity index (χ1) is 10.1. The predicted octanol–water partition coefficient (Wildman–Crippen LogP) is 3.24. The Morgan fingerprint density at radius 2 is 2.24 bits per heavy atom. The molecule has 2 atom stereocenters. The molecule has 0 radical (unpaired) electrons. The van der Waals surface area contributed by atoms with Crippen LogP contribution in [0.25, 0.3) is 0 Å². The average molecular weight is 290 g/mol. The van der Waals surface area contributed by atoms with Crippen molar-refractivity contribution in [1.82, 2.24) is 0 Å². The molecule has 21 heavy (non-hydrogen) atoms. The lowest BCUT2D eigenvalue weighted by Crippen LogP contribution is -2.28. The van der Waals surface area contributed by atoms with Crippen molar-refractivity contribution in [3.8, 4) is 5.75 Å². The minimum Gasteiger partial charge on any atom is -0.494 e. The lowest BCUT2D eigenvalue weighted by Gasteiger charge is -2.16. The molecule has 0 unspecified atom stereocenters. The second-order valence-corrected chi connectivity index (χ2v) is 5.93. The smallest absolute Gasteiger partial charge is 0.224 e. The van der Waals surface area contributed by atoms with Crippen molar-refractivity contribution in [2.75, 3.05) is 11.9 Å². The standard InChI is InChI=1S/C17H26N2O2/c1-3-9-21-14-7-8-16(12(2)10-14)19-17(20)11-13-5-4-6-15(13)18/h7-8,10,13,15H,3-6,9,11,18H2,1-2H3,(H,19,20)/t13-,15+/m0/s1. The van der Waals surface area contributed by atoms with Crippen molar-refractivity contribution in [2.45, 2.75) is 52.0 Å². The lowest BCUT2D eigenvalue weighted by atomic mass is 10.00. The summed E-state index contributed by atoms with van der Waals surface area (Å²) in [6.45, 7) is 4.77. The molecule has 2 rings (SSSR count). The molecule has 4 nitrogen and oxygen atoms in total. The molecule has 1 aliphatic rings. The molecule has 1 saturated carbocycles. The molecule has 0 heterocycles. The van der Waals surface area contributed by atoms with Gasteiger partial charge in [-0.05, 0) is 55.9 Å². The van der Waals surface area contributed by atoms with Gasteiger partial charge < -0.3 is 15.8 Å². The fourth-order valence-electron chi connectivity index (χ4n) is 2.84. The van der Waals surface area contributed by atoms with Crippen LogP contribution in [0.5, 0.6) is 5.75 Å². The van der Waals surface area contributed by atoms with Crippen molar-refractivity contribution < 1.29 is 9.53 Å². The van der Waals surface area contributed by atoms with Gasteiger partial charge in [0.25, 0.3) is 0 Å². The lowest BCUT2D eigenvalue weighted by molar-refractivity contribution is -0.117. The summed E-state index contributed by atoms with van der Waals surface area (Å²) in [5.74, 6) is 1.24. The predicted molar refractivity (Wildman–Crippen MR) is 85.5 cm³/mol. The van der Waals surface area contributed by atoms with Gasteiger partial charge in [-0.1, -0.05) is 13.3 Å². The van der Waals surface area contributed by atoms with E-state index in [1.165, 1.54) is 0 Å². The summed E-state index contributed by atoms with van der Waals surface area (Å²) in [5.41, 5.74) is 7.90. The van der Waals surface area contributed by atoms with E-state index in [1.807, 2.05) is 25.1 Å². The Morgan fingerprint density at radius 3 is 2.86 bits per heavy atom. The maximum atomic E-state index is 12.1. The van der Waals surface area contributed by atoms with E-state index in [9.17, 15) is 4.79 Å². The van der Waals surface area contributed by atoms with E-state index in [0.29, 0.717) is 18.9 Å². The summed E-state index contributed by atoms with van der Waals surface area (Å²) >= 11 is 0. The summed E-state index contributed by atoms with van der Waals surface area (Å²) in [5, 5.41) is 2.99. The van der Waals surface area contributed by atoms with Crippen molar-refractivity contribution in [3.05, 3.63) is 23.8 Å². The molecule has 1 amide bonds. The first-order valence-corrected chi connectivity index (χ1v) is 7.89. The van der Waals surface area contributed by atoms with E-state index in [-0.39, 0.29) is 11.9 Å². The third-order valence-electron chi connectivity index (χ3n) is 4.11. The molecule has 0 spiro atoms. The summed E-state index contributed by atoms with van der Waals surface area (Å²) in [6, 6.07) is 5.96. The van der Waals surface area contributed by atoms with E-state index in [0.717, 1.165) is 42.7 Å². The van der Waals surface area contributed by atoms with Crippen LogP contribution in [-0.4, -0.2) is 18.6 Å². The van der Waals surface area contributed by atoms with Crippen LogP contribution >= 0.6 is 0 Å². The second-order valence-electron chi connectivity index (χ2n) is 5.93. The Bertz CT molecular complexity index is 488. The number of nitrogens with two attached hydrogens (primary N) is 1. The number of hydrogen-bond acceptors (Lipinski definition) is 3. The third-order valence-corrected chi connectivity index (χ3v) is 4.11. The van der Waals surface area contributed by atoms with Crippen LogP contribution in [0.4, 0.5) is 5.69 Å². The van der Waals surface area contributed by atoms with Crippen molar-refractivity contribution >= 4 is 11.6 Å². The highest BCUT2D eigenvalue weighted by atomic mass is 16.5. The first kappa shape index (κ1) is 15.8. The largest absolute Gasteiger partial charge is 0.494 e. The molecule has 1 fully saturated rings. The molecule has 0 aromatic heterocycles. The number of amides is 1. The average Bonchev–Trinajstić information content (AvgIpc) is 2.84. The summed E-state index contributed by atoms with van der Waals surface area (Å²) in [6.07, 6.45) is 4.76. The second kappa shape index (κ2) is 7.46. The molecular formula is C17H26N2O2. The zero-order chi connectivity index (χ0) is 15.2. The van der Waals surface area contributed by atoms with Crippen LogP contribution < -0.4 is 15.8 Å². The van der Waals surface area contributed by atoms with Gasteiger partial charge in [0.2, 0.25) is 5.91 Å². The molecule has 116 valence electrons. The van der Waals surface area contributed by atoms with Gasteiger partial charge in [-0.3, -0.25) is 4.79 Å². The summed E-state index contributed by atoms with van der Waals surface area (Å²) in [4.78, 5) is 12.1. The zero-order valence-electron chi connectivity index (χ0n) is 13.0. The van der Waals surface area contributed by atoms with Crippen molar-refractivity contribution in [1.29, 1.82) is 0 Å². The number of nitrogens with one attached hydrogen (secondary N) is 1. The van der Waals surface area contributed by atoms with Gasteiger partial charge in [0.15, 0.2) is 0 Å². The van der Waals surface area contributed by atoms with Gasteiger partial charge in [-0.15, -0.1) is 0 Å². The number of hydrogen-bond donors (Lipinski definition) is 2. The zero-order valence-corrected chi connectivity index (χ0v) is 13.0. The Labute approximate surface area is 127 Å². The quantitative estimate of drug-likeness (QED) is 0.845. The highest BCUT2D eigenvalue weighted by molar-refractivity contribution is 5.91. The Kier molecular flexibility index (Phi) is 5.62. The monoisotopic (exact) mass is 290 g/mol. The number of aryl methyl sites for hydroxylation is 1.